The molecule has 1 saturated heterocycles. The summed E-state index contributed by atoms with van der Waals surface area (Å²) in [5.74, 6) is -0.784. The van der Waals surface area contributed by atoms with Gasteiger partial charge in [-0.1, -0.05) is 19.3 Å². The van der Waals surface area contributed by atoms with Gasteiger partial charge in [0.15, 0.2) is 0 Å². The lowest BCUT2D eigenvalue weighted by molar-refractivity contribution is -0.137. The summed E-state index contributed by atoms with van der Waals surface area (Å²) in [6, 6.07) is 0.388. The number of hydrogen-bond acceptors (Lipinski definition) is 2. The van der Waals surface area contributed by atoms with Crippen molar-refractivity contribution in [2.75, 3.05) is 6.54 Å². The maximum Gasteiger partial charge on any atom is 0.318 e. The summed E-state index contributed by atoms with van der Waals surface area (Å²) in [4.78, 5) is 24.3. The van der Waals surface area contributed by atoms with E-state index in [1.165, 1.54) is 19.3 Å². The van der Waals surface area contributed by atoms with Gasteiger partial charge >= 0.3 is 12.0 Å². The van der Waals surface area contributed by atoms with Gasteiger partial charge in [-0.2, -0.15) is 0 Å². The summed E-state index contributed by atoms with van der Waals surface area (Å²) in [6.07, 6.45) is 6.45. The molecule has 2 fully saturated rings. The molecule has 1 heterocycles. The molecule has 2 aliphatic rings. The number of carbonyl (C=O) groups is 2. The second-order valence-electron chi connectivity index (χ2n) is 4.97. The largest absolute Gasteiger partial charge is 0.481 e. The first-order chi connectivity index (χ1) is 8.18. The Bertz CT molecular complexity index is 300. The SMILES string of the molecule is O=C(O)CCC1CNC(=O)N1C1CCCCC1. The Morgan fingerprint density at radius 2 is 2.06 bits per heavy atom. The van der Waals surface area contributed by atoms with Crippen molar-refractivity contribution >= 4 is 12.0 Å². The van der Waals surface area contributed by atoms with E-state index in [0.717, 1.165) is 12.8 Å². The Hall–Kier alpha value is -1.26. The molecule has 2 amide bonds. The number of nitrogens with one attached hydrogen (secondary N) is 1. The molecule has 1 aliphatic heterocycles. The van der Waals surface area contributed by atoms with Gasteiger partial charge in [-0.05, 0) is 19.3 Å². The van der Waals surface area contributed by atoms with Crippen LogP contribution in [0.15, 0.2) is 0 Å². The molecule has 5 nitrogen and oxygen atoms in total. The van der Waals surface area contributed by atoms with Crippen LogP contribution in [0.1, 0.15) is 44.9 Å². The second-order valence-corrected chi connectivity index (χ2v) is 4.97. The van der Waals surface area contributed by atoms with Crippen molar-refractivity contribution in [1.29, 1.82) is 0 Å². The Morgan fingerprint density at radius 1 is 1.35 bits per heavy atom. The summed E-state index contributed by atoms with van der Waals surface area (Å²) < 4.78 is 0. The lowest BCUT2D eigenvalue weighted by Crippen LogP contribution is -2.44. The van der Waals surface area contributed by atoms with Crippen molar-refractivity contribution in [3.05, 3.63) is 0 Å². The van der Waals surface area contributed by atoms with Gasteiger partial charge in [0.05, 0.1) is 6.04 Å². The predicted octanol–water partition coefficient (Wildman–Crippen LogP) is 1.58. The van der Waals surface area contributed by atoms with E-state index >= 15 is 0 Å². The summed E-state index contributed by atoms with van der Waals surface area (Å²) in [5.41, 5.74) is 0. The highest BCUT2D eigenvalue weighted by Gasteiger charge is 2.36. The third kappa shape index (κ3) is 2.90. The van der Waals surface area contributed by atoms with Gasteiger partial charge in [0.2, 0.25) is 0 Å². The minimum absolute atomic E-state index is 0.00714. The third-order valence-electron chi connectivity index (χ3n) is 3.78. The molecule has 1 unspecified atom stereocenters. The normalized spacial score (nSPS) is 26.0. The third-order valence-corrected chi connectivity index (χ3v) is 3.78. The number of hydrogen-bond donors (Lipinski definition) is 2. The first-order valence-electron chi connectivity index (χ1n) is 6.46. The van der Waals surface area contributed by atoms with E-state index in [2.05, 4.69) is 5.32 Å². The van der Waals surface area contributed by atoms with Gasteiger partial charge in [-0.25, -0.2) is 4.79 Å². The predicted molar refractivity (Wildman–Crippen MR) is 62.8 cm³/mol. The average molecular weight is 240 g/mol. The Morgan fingerprint density at radius 3 is 2.71 bits per heavy atom. The van der Waals surface area contributed by atoms with E-state index < -0.39 is 5.97 Å². The van der Waals surface area contributed by atoms with Crippen LogP contribution in [0.4, 0.5) is 4.79 Å². The van der Waals surface area contributed by atoms with E-state index in [0.29, 0.717) is 19.0 Å². The van der Waals surface area contributed by atoms with Gasteiger partial charge in [0.1, 0.15) is 0 Å². The zero-order chi connectivity index (χ0) is 12.3. The molecule has 0 aromatic carbocycles. The summed E-state index contributed by atoms with van der Waals surface area (Å²) in [7, 11) is 0. The maximum atomic E-state index is 11.8. The molecule has 1 atom stereocenters. The van der Waals surface area contributed by atoms with Crippen molar-refractivity contribution in [2.45, 2.75) is 57.0 Å². The highest BCUT2D eigenvalue weighted by Crippen LogP contribution is 2.27. The van der Waals surface area contributed by atoms with Crippen LogP contribution in [-0.2, 0) is 4.79 Å². The summed E-state index contributed by atoms with van der Waals surface area (Å²) in [6.45, 7) is 0.600. The minimum Gasteiger partial charge on any atom is -0.481 e. The van der Waals surface area contributed by atoms with Crippen molar-refractivity contribution < 1.29 is 14.7 Å². The van der Waals surface area contributed by atoms with Crippen molar-refractivity contribution in [3.63, 3.8) is 0 Å². The highest BCUT2D eigenvalue weighted by atomic mass is 16.4. The lowest BCUT2D eigenvalue weighted by atomic mass is 9.93. The molecule has 5 heteroatoms. The average Bonchev–Trinajstić information content (AvgIpc) is 2.69. The van der Waals surface area contributed by atoms with Crippen LogP contribution in [0.25, 0.3) is 0 Å². The highest BCUT2D eigenvalue weighted by molar-refractivity contribution is 5.77. The summed E-state index contributed by atoms with van der Waals surface area (Å²) >= 11 is 0. The summed E-state index contributed by atoms with van der Waals surface area (Å²) in [5, 5.41) is 11.5. The molecular weight excluding hydrogens is 220 g/mol. The number of carboxylic acid groups (broad SMARTS) is 1. The fourth-order valence-corrected chi connectivity index (χ4v) is 2.91. The van der Waals surface area contributed by atoms with E-state index in [4.69, 9.17) is 5.11 Å². The number of carboxylic acids is 1. The Kier molecular flexibility index (Phi) is 3.86. The molecule has 1 saturated carbocycles. The number of urea groups is 1. The topological polar surface area (TPSA) is 69.6 Å². The molecule has 1 aliphatic carbocycles. The zero-order valence-electron chi connectivity index (χ0n) is 10.0. The lowest BCUT2D eigenvalue weighted by Gasteiger charge is -2.34. The molecule has 0 radical (unpaired) electrons. The molecule has 96 valence electrons. The van der Waals surface area contributed by atoms with Crippen LogP contribution < -0.4 is 5.32 Å². The first-order valence-corrected chi connectivity index (χ1v) is 6.46. The van der Waals surface area contributed by atoms with E-state index in [1.807, 2.05) is 4.90 Å². The van der Waals surface area contributed by atoms with Crippen LogP contribution in [0.2, 0.25) is 0 Å². The van der Waals surface area contributed by atoms with E-state index in [-0.39, 0.29) is 18.5 Å². The molecular formula is C12H20N2O3. The van der Waals surface area contributed by atoms with Gasteiger partial charge in [0.25, 0.3) is 0 Å². The number of nitrogens with zero attached hydrogens (tertiary/aromatic N) is 1. The van der Waals surface area contributed by atoms with Crippen LogP contribution in [0, 0.1) is 0 Å². The molecule has 2 N–H and O–H groups in total. The second kappa shape index (κ2) is 5.38. The number of rotatable bonds is 4. The minimum atomic E-state index is -0.784. The number of amides is 2. The van der Waals surface area contributed by atoms with Crippen molar-refractivity contribution in [3.8, 4) is 0 Å². The Labute approximate surface area is 101 Å². The number of aliphatic carboxylic acids is 1. The maximum absolute atomic E-state index is 11.8. The van der Waals surface area contributed by atoms with Crippen LogP contribution in [0.5, 0.6) is 0 Å². The van der Waals surface area contributed by atoms with Gasteiger partial charge in [-0.3, -0.25) is 4.79 Å². The molecule has 0 aromatic heterocycles. The first kappa shape index (κ1) is 12.2. The van der Waals surface area contributed by atoms with Gasteiger partial charge in [0, 0.05) is 19.0 Å². The number of carbonyl (C=O) groups excluding carboxylic acids is 1. The van der Waals surface area contributed by atoms with E-state index in [1.54, 1.807) is 0 Å². The molecule has 2 rings (SSSR count). The smallest absolute Gasteiger partial charge is 0.318 e. The van der Waals surface area contributed by atoms with Gasteiger partial charge < -0.3 is 15.3 Å². The molecule has 17 heavy (non-hydrogen) atoms. The molecule has 0 bridgehead atoms. The molecule has 0 spiro atoms. The van der Waals surface area contributed by atoms with Crippen LogP contribution in [0.3, 0.4) is 0 Å². The Balaban J connectivity index is 1.95. The van der Waals surface area contributed by atoms with E-state index in [9.17, 15) is 9.59 Å². The van der Waals surface area contributed by atoms with Gasteiger partial charge in [-0.15, -0.1) is 0 Å². The van der Waals surface area contributed by atoms with Crippen LogP contribution >= 0.6 is 0 Å². The monoisotopic (exact) mass is 240 g/mol. The van der Waals surface area contributed by atoms with Crippen molar-refractivity contribution in [2.24, 2.45) is 0 Å². The van der Waals surface area contributed by atoms with Crippen molar-refractivity contribution in [1.82, 2.24) is 10.2 Å². The quantitative estimate of drug-likeness (QED) is 0.783. The van der Waals surface area contributed by atoms with Crippen LogP contribution in [-0.4, -0.2) is 40.6 Å². The molecule has 0 aromatic rings. The fraction of sp³-hybridized carbons (Fsp3) is 0.833. The standard InChI is InChI=1S/C12H20N2O3/c15-11(16)7-6-10-8-13-12(17)14(10)9-4-2-1-3-5-9/h9-10H,1-8H2,(H,13,17)(H,15,16). The zero-order valence-corrected chi connectivity index (χ0v) is 10.0. The fourth-order valence-electron chi connectivity index (χ4n) is 2.91.